The first-order valence-electron chi connectivity index (χ1n) is 9.58. The second-order valence-corrected chi connectivity index (χ2v) is 7.37. The van der Waals surface area contributed by atoms with Gasteiger partial charge in [-0.25, -0.2) is 0 Å². The van der Waals surface area contributed by atoms with Crippen molar-refractivity contribution in [2.75, 3.05) is 33.3 Å². The lowest BCUT2D eigenvalue weighted by molar-refractivity contribution is -0.121. The molecule has 1 atom stereocenters. The van der Waals surface area contributed by atoms with Gasteiger partial charge in [0.2, 0.25) is 5.91 Å². The normalized spacial score (nSPS) is 20.4. The minimum Gasteiger partial charge on any atom is -0.497 e. The molecule has 3 rings (SSSR count). The van der Waals surface area contributed by atoms with E-state index in [9.17, 15) is 4.79 Å². The van der Waals surface area contributed by atoms with Crippen LogP contribution in [0.2, 0.25) is 0 Å². The summed E-state index contributed by atoms with van der Waals surface area (Å²) in [6.45, 7) is 5.11. The number of carbonyl (C=O) groups is 1. The predicted molar refractivity (Wildman–Crippen MR) is 114 cm³/mol. The Morgan fingerprint density at radius 3 is 2.48 bits per heavy atom. The van der Waals surface area contributed by atoms with Crippen LogP contribution < -0.4 is 15.4 Å². The van der Waals surface area contributed by atoms with Crippen LogP contribution in [0, 0.1) is 5.92 Å². The molecule has 0 bridgehead atoms. The zero-order valence-electron chi connectivity index (χ0n) is 16.1. The van der Waals surface area contributed by atoms with Crippen molar-refractivity contribution in [1.29, 1.82) is 0 Å². The van der Waals surface area contributed by atoms with Gasteiger partial charge in [0.05, 0.1) is 7.11 Å². The molecular weight excluding hydrogens is 385 g/mol. The van der Waals surface area contributed by atoms with Gasteiger partial charge in [-0.2, -0.15) is 0 Å². The number of rotatable bonds is 7. The largest absolute Gasteiger partial charge is 0.497 e. The molecule has 5 nitrogen and oxygen atoms in total. The van der Waals surface area contributed by atoms with Crippen LogP contribution in [0.3, 0.4) is 0 Å². The first-order valence-corrected chi connectivity index (χ1v) is 9.58. The van der Waals surface area contributed by atoms with E-state index in [0.717, 1.165) is 57.7 Å². The van der Waals surface area contributed by atoms with Crippen LogP contribution in [0.5, 0.6) is 5.75 Å². The highest BCUT2D eigenvalue weighted by atomic mass is 35.5. The van der Waals surface area contributed by atoms with Crippen LogP contribution in [0.1, 0.15) is 37.7 Å². The first kappa shape index (κ1) is 24.0. The van der Waals surface area contributed by atoms with Crippen molar-refractivity contribution < 1.29 is 9.53 Å². The van der Waals surface area contributed by atoms with E-state index in [1.807, 2.05) is 12.1 Å². The van der Waals surface area contributed by atoms with E-state index in [0.29, 0.717) is 18.4 Å². The fourth-order valence-electron chi connectivity index (χ4n) is 3.82. The Labute approximate surface area is 175 Å². The minimum atomic E-state index is 0. The van der Waals surface area contributed by atoms with E-state index in [2.05, 4.69) is 27.7 Å². The zero-order valence-corrected chi connectivity index (χ0v) is 17.7. The van der Waals surface area contributed by atoms with Crippen LogP contribution >= 0.6 is 24.8 Å². The maximum Gasteiger partial charge on any atom is 0.221 e. The SMILES string of the molecule is COc1ccc(CN2CCC(CNC(=O)CC3CCCN3)CC2)cc1.Cl.Cl. The molecule has 0 saturated carbocycles. The van der Waals surface area contributed by atoms with Crippen molar-refractivity contribution in [3.63, 3.8) is 0 Å². The molecule has 154 valence electrons. The summed E-state index contributed by atoms with van der Waals surface area (Å²) >= 11 is 0. The quantitative estimate of drug-likeness (QED) is 0.715. The molecule has 2 aliphatic heterocycles. The van der Waals surface area contributed by atoms with Crippen molar-refractivity contribution in [1.82, 2.24) is 15.5 Å². The van der Waals surface area contributed by atoms with Gasteiger partial charge in [0.25, 0.3) is 0 Å². The van der Waals surface area contributed by atoms with E-state index < -0.39 is 0 Å². The molecular formula is C20H33Cl2N3O2. The van der Waals surface area contributed by atoms with Gasteiger partial charge < -0.3 is 15.4 Å². The Balaban J connectivity index is 0.00000182. The van der Waals surface area contributed by atoms with Crippen molar-refractivity contribution >= 4 is 30.7 Å². The Morgan fingerprint density at radius 1 is 1.19 bits per heavy atom. The highest BCUT2D eigenvalue weighted by Gasteiger charge is 2.21. The monoisotopic (exact) mass is 417 g/mol. The molecule has 27 heavy (non-hydrogen) atoms. The number of carbonyl (C=O) groups excluding carboxylic acids is 1. The van der Waals surface area contributed by atoms with Crippen molar-refractivity contribution in [2.45, 2.75) is 44.7 Å². The lowest BCUT2D eigenvalue weighted by Crippen LogP contribution is -2.39. The van der Waals surface area contributed by atoms with Crippen LogP contribution in [0.25, 0.3) is 0 Å². The standard InChI is InChI=1S/C20H31N3O2.2ClH/c1-25-19-6-4-17(5-7-19)15-23-11-8-16(9-12-23)14-22-20(24)13-18-3-2-10-21-18;;/h4-7,16,18,21H,2-3,8-15H2,1H3,(H,22,24);2*1H. The smallest absolute Gasteiger partial charge is 0.221 e. The number of hydrogen-bond acceptors (Lipinski definition) is 4. The molecule has 1 amide bonds. The molecule has 2 heterocycles. The lowest BCUT2D eigenvalue weighted by atomic mass is 9.96. The molecule has 2 aliphatic rings. The average Bonchev–Trinajstić information content (AvgIpc) is 3.15. The highest BCUT2D eigenvalue weighted by Crippen LogP contribution is 2.20. The lowest BCUT2D eigenvalue weighted by Gasteiger charge is -2.32. The number of amides is 1. The number of nitrogens with zero attached hydrogens (tertiary/aromatic N) is 1. The summed E-state index contributed by atoms with van der Waals surface area (Å²) in [7, 11) is 1.70. The van der Waals surface area contributed by atoms with E-state index in [1.54, 1.807) is 7.11 Å². The van der Waals surface area contributed by atoms with Gasteiger partial charge in [0.15, 0.2) is 0 Å². The predicted octanol–water partition coefficient (Wildman–Crippen LogP) is 3.01. The van der Waals surface area contributed by atoms with Gasteiger partial charge >= 0.3 is 0 Å². The van der Waals surface area contributed by atoms with Crippen LogP contribution in [0.15, 0.2) is 24.3 Å². The highest BCUT2D eigenvalue weighted by molar-refractivity contribution is 5.85. The number of piperidine rings is 1. The van der Waals surface area contributed by atoms with Crippen molar-refractivity contribution in [2.24, 2.45) is 5.92 Å². The number of hydrogen-bond donors (Lipinski definition) is 2. The number of likely N-dealkylation sites (tertiary alicyclic amines) is 1. The molecule has 0 aromatic heterocycles. The summed E-state index contributed by atoms with van der Waals surface area (Å²) in [5.74, 6) is 1.73. The van der Waals surface area contributed by atoms with Gasteiger partial charge in [-0.1, -0.05) is 12.1 Å². The molecule has 1 unspecified atom stereocenters. The zero-order chi connectivity index (χ0) is 17.5. The molecule has 0 radical (unpaired) electrons. The van der Waals surface area contributed by atoms with Gasteiger partial charge in [-0.15, -0.1) is 24.8 Å². The summed E-state index contributed by atoms with van der Waals surface area (Å²) in [6.07, 6.45) is 5.30. The van der Waals surface area contributed by atoms with E-state index in [4.69, 9.17) is 4.74 Å². The van der Waals surface area contributed by atoms with Crippen molar-refractivity contribution in [3.8, 4) is 5.75 Å². The Kier molecular flexibility index (Phi) is 11.1. The molecule has 1 aromatic carbocycles. The van der Waals surface area contributed by atoms with Gasteiger partial charge in [0, 0.05) is 25.6 Å². The molecule has 2 fully saturated rings. The van der Waals surface area contributed by atoms with Crippen LogP contribution in [-0.2, 0) is 11.3 Å². The number of ether oxygens (including phenoxy) is 1. The fourth-order valence-corrected chi connectivity index (χ4v) is 3.82. The third-order valence-electron chi connectivity index (χ3n) is 5.45. The molecule has 2 N–H and O–H groups in total. The summed E-state index contributed by atoms with van der Waals surface area (Å²) in [5, 5.41) is 6.53. The third-order valence-corrected chi connectivity index (χ3v) is 5.45. The molecule has 0 spiro atoms. The number of benzene rings is 1. The topological polar surface area (TPSA) is 53.6 Å². The Morgan fingerprint density at radius 2 is 1.89 bits per heavy atom. The van der Waals surface area contributed by atoms with Crippen LogP contribution in [0.4, 0.5) is 0 Å². The van der Waals surface area contributed by atoms with Gasteiger partial charge in [0.1, 0.15) is 5.75 Å². The number of halogens is 2. The van der Waals surface area contributed by atoms with E-state index in [-0.39, 0.29) is 30.7 Å². The van der Waals surface area contributed by atoms with E-state index >= 15 is 0 Å². The minimum absolute atomic E-state index is 0. The summed E-state index contributed by atoms with van der Waals surface area (Å²) in [4.78, 5) is 14.5. The summed E-state index contributed by atoms with van der Waals surface area (Å²) in [6, 6.07) is 8.73. The second kappa shape index (κ2) is 12.4. The summed E-state index contributed by atoms with van der Waals surface area (Å²) < 4.78 is 5.21. The second-order valence-electron chi connectivity index (χ2n) is 7.37. The maximum atomic E-state index is 12.0. The number of nitrogens with one attached hydrogen (secondary N) is 2. The molecule has 1 aromatic rings. The van der Waals surface area contributed by atoms with Crippen LogP contribution in [-0.4, -0.2) is 50.1 Å². The Bertz CT molecular complexity index is 543. The fraction of sp³-hybridized carbons (Fsp3) is 0.650. The Hall–Kier alpha value is -1.01. The molecule has 7 heteroatoms. The van der Waals surface area contributed by atoms with E-state index in [1.165, 1.54) is 12.0 Å². The molecule has 2 saturated heterocycles. The average molecular weight is 418 g/mol. The maximum absolute atomic E-state index is 12.0. The number of methoxy groups -OCH3 is 1. The summed E-state index contributed by atoms with van der Waals surface area (Å²) in [5.41, 5.74) is 1.33. The first-order chi connectivity index (χ1) is 12.2. The van der Waals surface area contributed by atoms with Gasteiger partial charge in [-0.05, 0) is 68.9 Å². The third kappa shape index (κ3) is 7.86. The molecule has 0 aliphatic carbocycles. The van der Waals surface area contributed by atoms with Crippen molar-refractivity contribution in [3.05, 3.63) is 29.8 Å². The van der Waals surface area contributed by atoms with Gasteiger partial charge in [-0.3, -0.25) is 9.69 Å².